The van der Waals surface area contributed by atoms with E-state index in [-0.39, 0.29) is 0 Å². The number of aryl methyl sites for hydroxylation is 2. The van der Waals surface area contributed by atoms with E-state index in [9.17, 15) is 0 Å². The van der Waals surface area contributed by atoms with Crippen molar-refractivity contribution in [3.8, 4) is 11.6 Å². The highest BCUT2D eigenvalue weighted by Gasteiger charge is 2.07. The molecule has 2 heterocycles. The monoisotopic (exact) mass is 194 g/mol. The van der Waals surface area contributed by atoms with Crippen molar-refractivity contribution in [2.75, 3.05) is 0 Å². The standard InChI is InChI=1S/C7H8N4O.C2H6/c1-5-9-10-7(12-5)6-3-11(2)4-8-6;1-2/h3-4H,1-2H3;1-2H3. The van der Waals surface area contributed by atoms with E-state index in [4.69, 9.17) is 4.42 Å². The van der Waals surface area contributed by atoms with Crippen molar-refractivity contribution in [3.63, 3.8) is 0 Å². The van der Waals surface area contributed by atoms with Gasteiger partial charge in [0.25, 0.3) is 5.89 Å². The first-order valence-electron chi connectivity index (χ1n) is 4.54. The second-order valence-corrected chi connectivity index (χ2v) is 2.55. The van der Waals surface area contributed by atoms with E-state index in [0.29, 0.717) is 17.5 Å². The summed E-state index contributed by atoms with van der Waals surface area (Å²) in [5, 5.41) is 7.54. The minimum Gasteiger partial charge on any atom is -0.420 e. The fourth-order valence-electron chi connectivity index (χ4n) is 0.923. The Balaban J connectivity index is 0.000000461. The summed E-state index contributed by atoms with van der Waals surface area (Å²) >= 11 is 0. The van der Waals surface area contributed by atoms with Crippen LogP contribution in [0.2, 0.25) is 0 Å². The number of hydrogen-bond acceptors (Lipinski definition) is 4. The zero-order chi connectivity index (χ0) is 10.6. The van der Waals surface area contributed by atoms with Crippen LogP contribution in [0.4, 0.5) is 0 Å². The lowest BCUT2D eigenvalue weighted by atomic mass is 10.5. The molecule has 2 rings (SSSR count). The maximum Gasteiger partial charge on any atom is 0.267 e. The minimum atomic E-state index is 0.466. The van der Waals surface area contributed by atoms with Gasteiger partial charge >= 0.3 is 0 Å². The Hall–Kier alpha value is -1.65. The van der Waals surface area contributed by atoms with E-state index in [1.54, 1.807) is 13.3 Å². The molecule has 2 aromatic heterocycles. The Bertz CT molecular complexity index is 353. The van der Waals surface area contributed by atoms with E-state index in [1.807, 2.05) is 31.7 Å². The number of rotatable bonds is 1. The van der Waals surface area contributed by atoms with E-state index in [2.05, 4.69) is 15.2 Å². The molecular formula is C9H14N4O. The third kappa shape index (κ3) is 2.18. The average molecular weight is 194 g/mol. The summed E-state index contributed by atoms with van der Waals surface area (Å²) in [5.74, 6) is 1.02. The number of hydrogen-bond donors (Lipinski definition) is 0. The Morgan fingerprint density at radius 1 is 1.29 bits per heavy atom. The van der Waals surface area contributed by atoms with Crippen molar-refractivity contribution in [2.45, 2.75) is 20.8 Å². The van der Waals surface area contributed by atoms with E-state index >= 15 is 0 Å². The minimum absolute atomic E-state index is 0.466. The van der Waals surface area contributed by atoms with Crippen LogP contribution < -0.4 is 0 Å². The van der Waals surface area contributed by atoms with Crippen LogP contribution in [0.1, 0.15) is 19.7 Å². The second kappa shape index (κ2) is 4.55. The molecule has 5 heteroatoms. The molecule has 2 aromatic rings. The van der Waals surface area contributed by atoms with E-state index < -0.39 is 0 Å². The highest BCUT2D eigenvalue weighted by Crippen LogP contribution is 2.13. The van der Waals surface area contributed by atoms with Gasteiger partial charge in [0.2, 0.25) is 5.89 Å². The first-order valence-corrected chi connectivity index (χ1v) is 4.54. The summed E-state index contributed by atoms with van der Waals surface area (Å²) in [7, 11) is 1.89. The predicted octanol–water partition coefficient (Wildman–Crippen LogP) is 1.80. The number of nitrogens with zero attached hydrogens (tertiary/aromatic N) is 4. The normalized spacial score (nSPS) is 9.43. The summed E-state index contributed by atoms with van der Waals surface area (Å²) in [6, 6.07) is 0. The van der Waals surface area contributed by atoms with Crippen LogP contribution in [0.25, 0.3) is 11.6 Å². The molecule has 0 N–H and O–H groups in total. The molecule has 0 aromatic carbocycles. The quantitative estimate of drug-likeness (QED) is 0.694. The SMILES string of the molecule is CC.Cc1nnc(-c2cn(C)cn2)o1. The van der Waals surface area contributed by atoms with Crippen LogP contribution in [0, 0.1) is 6.92 Å². The van der Waals surface area contributed by atoms with Gasteiger partial charge in [-0.3, -0.25) is 0 Å². The lowest BCUT2D eigenvalue weighted by molar-refractivity contribution is 0.531. The number of aromatic nitrogens is 4. The van der Waals surface area contributed by atoms with Crippen LogP contribution in [0.5, 0.6) is 0 Å². The van der Waals surface area contributed by atoms with E-state index in [0.717, 1.165) is 0 Å². The van der Waals surface area contributed by atoms with Crippen molar-refractivity contribution < 1.29 is 4.42 Å². The second-order valence-electron chi connectivity index (χ2n) is 2.55. The van der Waals surface area contributed by atoms with E-state index in [1.165, 1.54) is 0 Å². The van der Waals surface area contributed by atoms with Gasteiger partial charge in [0, 0.05) is 20.2 Å². The Labute approximate surface area is 82.8 Å². The first kappa shape index (κ1) is 10.4. The van der Waals surface area contributed by atoms with Gasteiger partial charge in [0.15, 0.2) is 0 Å². The summed E-state index contributed by atoms with van der Waals surface area (Å²) in [4.78, 5) is 4.07. The van der Waals surface area contributed by atoms with Gasteiger partial charge in [-0.25, -0.2) is 4.98 Å². The maximum absolute atomic E-state index is 5.18. The van der Waals surface area contributed by atoms with Crippen LogP contribution in [0.15, 0.2) is 16.9 Å². The molecule has 0 unspecified atom stereocenters. The highest BCUT2D eigenvalue weighted by atomic mass is 16.4. The van der Waals surface area contributed by atoms with Crippen LogP contribution in [0.3, 0.4) is 0 Å². The molecule has 0 radical (unpaired) electrons. The Morgan fingerprint density at radius 3 is 2.43 bits per heavy atom. The van der Waals surface area contributed by atoms with Gasteiger partial charge in [-0.1, -0.05) is 13.8 Å². The van der Waals surface area contributed by atoms with Crippen molar-refractivity contribution in [3.05, 3.63) is 18.4 Å². The maximum atomic E-state index is 5.18. The zero-order valence-corrected chi connectivity index (χ0v) is 8.85. The summed E-state index contributed by atoms with van der Waals surface area (Å²) < 4.78 is 7.01. The van der Waals surface area contributed by atoms with Gasteiger partial charge in [-0.15, -0.1) is 10.2 Å². The lowest BCUT2D eigenvalue weighted by Gasteiger charge is -1.83. The first-order chi connectivity index (χ1) is 6.75. The molecule has 5 nitrogen and oxygen atoms in total. The van der Waals surface area contributed by atoms with Crippen molar-refractivity contribution in [1.82, 2.24) is 19.7 Å². The fraction of sp³-hybridized carbons (Fsp3) is 0.444. The Kier molecular flexibility index (Phi) is 3.39. The fourth-order valence-corrected chi connectivity index (χ4v) is 0.923. The van der Waals surface area contributed by atoms with Gasteiger partial charge in [0.05, 0.1) is 6.33 Å². The third-order valence-corrected chi connectivity index (χ3v) is 1.45. The molecule has 0 aliphatic carbocycles. The third-order valence-electron chi connectivity index (χ3n) is 1.45. The molecule has 0 saturated heterocycles. The van der Waals surface area contributed by atoms with Crippen LogP contribution >= 0.6 is 0 Å². The van der Waals surface area contributed by atoms with Crippen molar-refractivity contribution in [1.29, 1.82) is 0 Å². The number of imidazole rings is 1. The topological polar surface area (TPSA) is 56.7 Å². The largest absolute Gasteiger partial charge is 0.420 e. The smallest absolute Gasteiger partial charge is 0.267 e. The predicted molar refractivity (Wildman–Crippen MR) is 52.6 cm³/mol. The molecule has 0 saturated carbocycles. The molecule has 0 bridgehead atoms. The van der Waals surface area contributed by atoms with Crippen molar-refractivity contribution in [2.24, 2.45) is 7.05 Å². The van der Waals surface area contributed by atoms with Crippen LogP contribution in [-0.4, -0.2) is 19.7 Å². The molecule has 76 valence electrons. The molecule has 14 heavy (non-hydrogen) atoms. The highest BCUT2D eigenvalue weighted by molar-refractivity contribution is 5.43. The van der Waals surface area contributed by atoms with Crippen LogP contribution in [-0.2, 0) is 7.05 Å². The summed E-state index contributed by atoms with van der Waals surface area (Å²) in [6.07, 6.45) is 3.52. The van der Waals surface area contributed by atoms with Gasteiger partial charge in [-0.05, 0) is 0 Å². The molecule has 0 atom stereocenters. The average Bonchev–Trinajstić information content (AvgIpc) is 2.78. The molecule has 0 aliphatic rings. The molecule has 0 aliphatic heterocycles. The summed E-state index contributed by atoms with van der Waals surface area (Å²) in [5.41, 5.74) is 0.707. The zero-order valence-electron chi connectivity index (χ0n) is 8.85. The molecule has 0 spiro atoms. The molecule has 0 fully saturated rings. The molecular weight excluding hydrogens is 180 g/mol. The molecule has 0 amide bonds. The van der Waals surface area contributed by atoms with Gasteiger partial charge in [0.1, 0.15) is 5.69 Å². The van der Waals surface area contributed by atoms with Crippen molar-refractivity contribution >= 4 is 0 Å². The lowest BCUT2D eigenvalue weighted by Crippen LogP contribution is -1.78. The summed E-state index contributed by atoms with van der Waals surface area (Å²) in [6.45, 7) is 5.75. The van der Waals surface area contributed by atoms with Gasteiger partial charge < -0.3 is 8.98 Å². The van der Waals surface area contributed by atoms with Gasteiger partial charge in [-0.2, -0.15) is 0 Å². The Morgan fingerprint density at radius 2 is 2.00 bits per heavy atom.